The average Bonchev–Trinajstić information content (AvgIpc) is 2.45. The molecule has 3 nitrogen and oxygen atoms in total. The van der Waals surface area contributed by atoms with Crippen molar-refractivity contribution in [1.29, 1.82) is 0 Å². The van der Waals surface area contributed by atoms with Gasteiger partial charge in [-0.2, -0.15) is 0 Å². The lowest BCUT2D eigenvalue weighted by Crippen LogP contribution is -2.57. The van der Waals surface area contributed by atoms with Gasteiger partial charge < -0.3 is 10.5 Å². The first-order valence-corrected chi connectivity index (χ1v) is 8.27. The van der Waals surface area contributed by atoms with Crippen molar-refractivity contribution >= 4 is 0 Å². The summed E-state index contributed by atoms with van der Waals surface area (Å²) in [5.74, 6) is 1.79. The first-order valence-electron chi connectivity index (χ1n) is 8.27. The topological polar surface area (TPSA) is 38.5 Å². The fourth-order valence-electron chi connectivity index (χ4n) is 3.01. The smallest absolute Gasteiger partial charge is 0.119 e. The van der Waals surface area contributed by atoms with Gasteiger partial charge in [0.1, 0.15) is 5.75 Å². The number of hydrogen-bond donors (Lipinski definition) is 1. The van der Waals surface area contributed by atoms with E-state index in [9.17, 15) is 0 Å². The van der Waals surface area contributed by atoms with Crippen LogP contribution >= 0.6 is 0 Å². The predicted molar refractivity (Wildman–Crippen MR) is 88.5 cm³/mol. The molecule has 0 spiro atoms. The molecule has 1 saturated heterocycles. The molecule has 1 aromatic rings. The van der Waals surface area contributed by atoms with E-state index in [4.69, 9.17) is 10.5 Å². The molecule has 0 saturated carbocycles. The van der Waals surface area contributed by atoms with E-state index in [1.165, 1.54) is 18.4 Å². The third kappa shape index (κ3) is 4.72. The van der Waals surface area contributed by atoms with Crippen LogP contribution in [0.4, 0.5) is 0 Å². The summed E-state index contributed by atoms with van der Waals surface area (Å²) in [7, 11) is 0. The minimum atomic E-state index is -0.274. The van der Waals surface area contributed by atoms with Gasteiger partial charge in [0, 0.05) is 19.5 Å². The molecule has 118 valence electrons. The third-order valence-corrected chi connectivity index (χ3v) is 4.44. The Morgan fingerprint density at radius 2 is 2.05 bits per heavy atom. The van der Waals surface area contributed by atoms with Crippen molar-refractivity contribution in [3.05, 3.63) is 29.8 Å². The van der Waals surface area contributed by atoms with Crippen molar-refractivity contribution in [2.75, 3.05) is 19.7 Å². The van der Waals surface area contributed by atoms with E-state index in [1.54, 1.807) is 0 Å². The summed E-state index contributed by atoms with van der Waals surface area (Å²) in [5, 5.41) is 0. The number of hydrogen-bond acceptors (Lipinski definition) is 3. The monoisotopic (exact) mass is 290 g/mol. The molecule has 1 fully saturated rings. The van der Waals surface area contributed by atoms with Crippen molar-refractivity contribution in [2.24, 2.45) is 11.7 Å². The standard InChI is InChI=1S/C18H30N2O/c1-4-12-21-17-7-5-6-16(13-17)14-18(3,19)20-10-8-15(2)9-11-20/h5-7,13,15H,4,8-12,14,19H2,1-3H3. The van der Waals surface area contributed by atoms with Gasteiger partial charge in [0.25, 0.3) is 0 Å². The number of rotatable bonds is 6. The SMILES string of the molecule is CCCOc1cccc(CC(C)(N)N2CCC(C)CC2)c1. The molecular formula is C18H30N2O. The number of nitrogens with two attached hydrogens (primary N) is 1. The highest BCUT2D eigenvalue weighted by atomic mass is 16.5. The van der Waals surface area contributed by atoms with Gasteiger partial charge in [-0.05, 0) is 49.8 Å². The minimum Gasteiger partial charge on any atom is -0.494 e. The molecule has 0 radical (unpaired) electrons. The van der Waals surface area contributed by atoms with E-state index in [0.29, 0.717) is 0 Å². The second-order valence-corrected chi connectivity index (χ2v) is 6.70. The Bertz CT molecular complexity index is 437. The molecule has 0 amide bonds. The van der Waals surface area contributed by atoms with Gasteiger partial charge in [-0.15, -0.1) is 0 Å². The van der Waals surface area contributed by atoms with E-state index >= 15 is 0 Å². The van der Waals surface area contributed by atoms with Crippen LogP contribution in [0.3, 0.4) is 0 Å². The van der Waals surface area contributed by atoms with E-state index in [-0.39, 0.29) is 5.66 Å². The summed E-state index contributed by atoms with van der Waals surface area (Å²) < 4.78 is 5.72. The second kappa shape index (κ2) is 7.28. The van der Waals surface area contributed by atoms with Crippen molar-refractivity contribution < 1.29 is 4.74 Å². The van der Waals surface area contributed by atoms with E-state index in [0.717, 1.165) is 44.2 Å². The molecule has 1 aliphatic rings. The third-order valence-electron chi connectivity index (χ3n) is 4.44. The van der Waals surface area contributed by atoms with E-state index in [2.05, 4.69) is 43.9 Å². The lowest BCUT2D eigenvalue weighted by molar-refractivity contribution is 0.0694. The number of ether oxygens (including phenoxy) is 1. The summed E-state index contributed by atoms with van der Waals surface area (Å²) in [4.78, 5) is 2.44. The van der Waals surface area contributed by atoms with Gasteiger partial charge in [0.2, 0.25) is 0 Å². The lowest BCUT2D eigenvalue weighted by atomic mass is 9.93. The maximum atomic E-state index is 6.60. The molecule has 1 unspecified atom stereocenters. The maximum absolute atomic E-state index is 6.60. The fourth-order valence-corrected chi connectivity index (χ4v) is 3.01. The highest BCUT2D eigenvalue weighted by Crippen LogP contribution is 2.25. The first kappa shape index (κ1) is 16.3. The van der Waals surface area contributed by atoms with Gasteiger partial charge in [-0.1, -0.05) is 26.0 Å². The summed E-state index contributed by atoms with van der Waals surface area (Å²) in [5.41, 5.74) is 7.59. The highest BCUT2D eigenvalue weighted by molar-refractivity contribution is 5.29. The van der Waals surface area contributed by atoms with E-state index in [1.807, 2.05) is 6.07 Å². The largest absolute Gasteiger partial charge is 0.494 e. The minimum absolute atomic E-state index is 0.274. The Morgan fingerprint density at radius 3 is 2.71 bits per heavy atom. The van der Waals surface area contributed by atoms with Gasteiger partial charge >= 0.3 is 0 Å². The summed E-state index contributed by atoms with van der Waals surface area (Å²) in [6.45, 7) is 9.61. The van der Waals surface area contributed by atoms with Crippen LogP contribution in [-0.4, -0.2) is 30.3 Å². The number of nitrogens with zero attached hydrogens (tertiary/aromatic N) is 1. The van der Waals surface area contributed by atoms with Crippen LogP contribution in [0.5, 0.6) is 5.75 Å². The molecule has 0 aliphatic carbocycles. The fraction of sp³-hybridized carbons (Fsp3) is 0.667. The summed E-state index contributed by atoms with van der Waals surface area (Å²) in [6, 6.07) is 8.37. The van der Waals surface area contributed by atoms with Gasteiger partial charge in [0.15, 0.2) is 0 Å². The molecule has 1 aromatic carbocycles. The number of likely N-dealkylation sites (tertiary alicyclic amines) is 1. The second-order valence-electron chi connectivity index (χ2n) is 6.70. The van der Waals surface area contributed by atoms with Crippen LogP contribution in [0, 0.1) is 5.92 Å². The normalized spacial score (nSPS) is 20.2. The molecule has 0 bridgehead atoms. The van der Waals surface area contributed by atoms with Crippen LogP contribution in [0.25, 0.3) is 0 Å². The van der Waals surface area contributed by atoms with Crippen molar-refractivity contribution in [3.63, 3.8) is 0 Å². The zero-order valence-electron chi connectivity index (χ0n) is 13.8. The zero-order chi connectivity index (χ0) is 15.3. The summed E-state index contributed by atoms with van der Waals surface area (Å²) in [6.07, 6.45) is 4.41. The number of piperidine rings is 1. The zero-order valence-corrected chi connectivity index (χ0v) is 13.8. The maximum Gasteiger partial charge on any atom is 0.119 e. The van der Waals surface area contributed by atoms with E-state index < -0.39 is 0 Å². The Kier molecular flexibility index (Phi) is 5.65. The van der Waals surface area contributed by atoms with Gasteiger partial charge in [0.05, 0.1) is 12.3 Å². The molecule has 1 atom stereocenters. The molecular weight excluding hydrogens is 260 g/mol. The van der Waals surface area contributed by atoms with Crippen LogP contribution in [0.2, 0.25) is 0 Å². The van der Waals surface area contributed by atoms with Crippen LogP contribution < -0.4 is 10.5 Å². The quantitative estimate of drug-likeness (QED) is 0.872. The van der Waals surface area contributed by atoms with Gasteiger partial charge in [-0.25, -0.2) is 0 Å². The van der Waals surface area contributed by atoms with Crippen LogP contribution in [-0.2, 0) is 6.42 Å². The van der Waals surface area contributed by atoms with Crippen LogP contribution in [0.15, 0.2) is 24.3 Å². The molecule has 1 heterocycles. The molecule has 1 aliphatic heterocycles. The molecule has 2 N–H and O–H groups in total. The average molecular weight is 290 g/mol. The number of benzene rings is 1. The Morgan fingerprint density at radius 1 is 1.33 bits per heavy atom. The molecule has 3 heteroatoms. The molecule has 0 aromatic heterocycles. The molecule has 21 heavy (non-hydrogen) atoms. The Labute approximate surface area is 129 Å². The van der Waals surface area contributed by atoms with Crippen LogP contribution in [0.1, 0.15) is 45.6 Å². The highest BCUT2D eigenvalue weighted by Gasteiger charge is 2.30. The van der Waals surface area contributed by atoms with Crippen molar-refractivity contribution in [1.82, 2.24) is 4.90 Å². The van der Waals surface area contributed by atoms with Gasteiger partial charge in [-0.3, -0.25) is 4.90 Å². The predicted octanol–water partition coefficient (Wildman–Crippen LogP) is 3.42. The lowest BCUT2D eigenvalue weighted by Gasteiger charge is -2.42. The summed E-state index contributed by atoms with van der Waals surface area (Å²) >= 11 is 0. The Balaban J connectivity index is 1.98. The Hall–Kier alpha value is -1.06. The van der Waals surface area contributed by atoms with Crippen molar-refractivity contribution in [2.45, 2.75) is 52.1 Å². The van der Waals surface area contributed by atoms with Crippen molar-refractivity contribution in [3.8, 4) is 5.75 Å². The molecule has 2 rings (SSSR count). The first-order chi connectivity index (χ1) is 10.0.